The van der Waals surface area contributed by atoms with Crippen LogP contribution in [-0.4, -0.2) is 56.0 Å². The average Bonchev–Trinajstić information content (AvgIpc) is 3.55. The van der Waals surface area contributed by atoms with Gasteiger partial charge in [0.15, 0.2) is 0 Å². The molecule has 44 heavy (non-hydrogen) atoms. The topological polar surface area (TPSA) is 89.6 Å². The summed E-state index contributed by atoms with van der Waals surface area (Å²) < 4.78 is 37.8. The number of carbonyl (C=O) groups excluding carboxylic acids is 2. The zero-order valence-corrected chi connectivity index (χ0v) is 26.2. The average molecular weight is 606 g/mol. The standard InChI is InChI=1S/C34H40FN3O6/c1-7-30(44-33(40)38-16-8-9-17-38)43-23-12-13-25(29(19-23)41-6)24-14-15-27-31(37(5)32(39)34(3,4)36-27)26(24)20-42-28-18-22(35)11-10-21(28)2/h10-15,18-19,30,36H,7-9,16-17,20H2,1-6H3/t30-/m0/s1. The second kappa shape index (κ2) is 12.6. The highest BCUT2D eigenvalue weighted by Crippen LogP contribution is 2.45. The van der Waals surface area contributed by atoms with Gasteiger partial charge < -0.3 is 34.1 Å². The summed E-state index contributed by atoms with van der Waals surface area (Å²) in [5.41, 5.74) is 3.67. The van der Waals surface area contributed by atoms with Gasteiger partial charge in [-0.05, 0) is 69.0 Å². The summed E-state index contributed by atoms with van der Waals surface area (Å²) in [5.74, 6) is 0.912. The Bertz CT molecular complexity index is 1550. The van der Waals surface area contributed by atoms with Crippen LogP contribution in [0.4, 0.5) is 20.6 Å². The van der Waals surface area contributed by atoms with E-state index >= 15 is 0 Å². The Kier molecular flexibility index (Phi) is 8.90. The Hall–Kier alpha value is -4.47. The summed E-state index contributed by atoms with van der Waals surface area (Å²) in [7, 11) is 3.31. The van der Waals surface area contributed by atoms with E-state index in [1.165, 1.54) is 12.1 Å². The summed E-state index contributed by atoms with van der Waals surface area (Å²) in [4.78, 5) is 29.2. The maximum atomic E-state index is 14.1. The molecule has 10 heteroatoms. The van der Waals surface area contributed by atoms with Gasteiger partial charge in [0.1, 0.15) is 35.2 Å². The van der Waals surface area contributed by atoms with E-state index in [9.17, 15) is 14.0 Å². The van der Waals surface area contributed by atoms with Crippen LogP contribution in [0.1, 0.15) is 51.2 Å². The van der Waals surface area contributed by atoms with E-state index in [0.29, 0.717) is 42.4 Å². The zero-order chi connectivity index (χ0) is 31.6. The first-order valence-electron chi connectivity index (χ1n) is 14.9. The van der Waals surface area contributed by atoms with Crippen molar-refractivity contribution in [3.8, 4) is 28.4 Å². The van der Waals surface area contributed by atoms with E-state index in [1.807, 2.05) is 45.9 Å². The third-order valence-electron chi connectivity index (χ3n) is 8.09. The Labute approximate surface area is 257 Å². The van der Waals surface area contributed by atoms with Crippen LogP contribution in [0, 0.1) is 12.7 Å². The molecule has 2 aliphatic rings. The van der Waals surface area contributed by atoms with Crippen LogP contribution < -0.4 is 24.4 Å². The van der Waals surface area contributed by atoms with Gasteiger partial charge in [-0.25, -0.2) is 9.18 Å². The third kappa shape index (κ3) is 6.25. The number of hydrogen-bond acceptors (Lipinski definition) is 7. The zero-order valence-electron chi connectivity index (χ0n) is 26.2. The van der Waals surface area contributed by atoms with Gasteiger partial charge in [-0.1, -0.05) is 19.1 Å². The fraction of sp³-hybridized carbons (Fsp3) is 0.412. The van der Waals surface area contributed by atoms with E-state index < -0.39 is 17.6 Å². The number of nitrogens with one attached hydrogen (secondary N) is 1. The number of rotatable bonds is 9. The second-order valence-electron chi connectivity index (χ2n) is 11.7. The number of methoxy groups -OCH3 is 1. The molecule has 0 unspecified atom stereocenters. The lowest BCUT2D eigenvalue weighted by atomic mass is 9.91. The normalized spacial score (nSPS) is 16.2. The van der Waals surface area contributed by atoms with Crippen molar-refractivity contribution >= 4 is 23.4 Å². The molecule has 2 amide bonds. The Morgan fingerprint density at radius 3 is 2.48 bits per heavy atom. The number of fused-ring (bicyclic) bond motifs is 1. The number of carbonyl (C=O) groups is 2. The Morgan fingerprint density at radius 2 is 1.77 bits per heavy atom. The maximum absolute atomic E-state index is 14.1. The molecule has 234 valence electrons. The molecule has 3 aromatic rings. The molecule has 1 saturated heterocycles. The van der Waals surface area contributed by atoms with Gasteiger partial charge in [0.25, 0.3) is 5.91 Å². The fourth-order valence-electron chi connectivity index (χ4n) is 5.71. The van der Waals surface area contributed by atoms with Crippen LogP contribution >= 0.6 is 0 Å². The minimum absolute atomic E-state index is 0.0638. The van der Waals surface area contributed by atoms with Gasteiger partial charge in [-0.15, -0.1) is 0 Å². The number of halogens is 1. The van der Waals surface area contributed by atoms with E-state index in [-0.39, 0.29) is 18.6 Å². The van der Waals surface area contributed by atoms with Crippen molar-refractivity contribution in [2.75, 3.05) is 37.5 Å². The van der Waals surface area contributed by atoms with Crippen molar-refractivity contribution < 1.29 is 32.9 Å². The summed E-state index contributed by atoms with van der Waals surface area (Å²) in [5, 5.41) is 3.35. The molecule has 2 aliphatic heterocycles. The van der Waals surface area contributed by atoms with Gasteiger partial charge in [-0.3, -0.25) is 4.79 Å². The summed E-state index contributed by atoms with van der Waals surface area (Å²) in [6, 6.07) is 13.7. The van der Waals surface area contributed by atoms with Crippen LogP contribution in [0.3, 0.4) is 0 Å². The number of likely N-dealkylation sites (N-methyl/N-ethyl adjacent to an activating group) is 1. The molecule has 2 heterocycles. The number of nitrogens with zero attached hydrogens (tertiary/aromatic N) is 2. The van der Waals surface area contributed by atoms with Crippen LogP contribution in [-0.2, 0) is 16.1 Å². The van der Waals surface area contributed by atoms with Crippen molar-refractivity contribution in [3.63, 3.8) is 0 Å². The van der Waals surface area contributed by atoms with Gasteiger partial charge in [-0.2, -0.15) is 0 Å². The molecule has 0 saturated carbocycles. The second-order valence-corrected chi connectivity index (χ2v) is 11.7. The molecule has 1 fully saturated rings. The highest BCUT2D eigenvalue weighted by Gasteiger charge is 2.39. The Morgan fingerprint density at radius 1 is 1.05 bits per heavy atom. The maximum Gasteiger partial charge on any atom is 0.412 e. The minimum atomic E-state index is -0.800. The quantitative estimate of drug-likeness (QED) is 0.265. The van der Waals surface area contributed by atoms with Gasteiger partial charge >= 0.3 is 6.09 Å². The van der Waals surface area contributed by atoms with Crippen LogP contribution in [0.2, 0.25) is 0 Å². The predicted octanol–water partition coefficient (Wildman–Crippen LogP) is 6.90. The molecule has 0 aliphatic carbocycles. The highest BCUT2D eigenvalue weighted by molar-refractivity contribution is 6.08. The van der Waals surface area contributed by atoms with Crippen molar-refractivity contribution in [3.05, 3.63) is 65.5 Å². The largest absolute Gasteiger partial charge is 0.496 e. The van der Waals surface area contributed by atoms with E-state index in [4.69, 9.17) is 18.9 Å². The number of amides is 2. The molecular weight excluding hydrogens is 565 g/mol. The summed E-state index contributed by atoms with van der Waals surface area (Å²) >= 11 is 0. The van der Waals surface area contributed by atoms with Crippen molar-refractivity contribution in [2.45, 2.75) is 65.4 Å². The number of likely N-dealkylation sites (tertiary alicyclic amines) is 1. The molecule has 0 bridgehead atoms. The van der Waals surface area contributed by atoms with Crippen LogP contribution in [0.25, 0.3) is 11.1 Å². The predicted molar refractivity (Wildman–Crippen MR) is 167 cm³/mol. The molecular formula is C34H40FN3O6. The monoisotopic (exact) mass is 605 g/mol. The number of aryl methyl sites for hydroxylation is 1. The van der Waals surface area contributed by atoms with E-state index in [1.54, 1.807) is 42.2 Å². The SMILES string of the molecule is CC[C@H](OC(=O)N1CCCC1)Oc1ccc(-c2ccc3c(c2COc2cc(F)ccc2C)N(C)C(=O)C(C)(C)N3)c(OC)c1. The lowest BCUT2D eigenvalue weighted by molar-refractivity contribution is -0.121. The third-order valence-corrected chi connectivity index (χ3v) is 8.09. The number of hydrogen-bond donors (Lipinski definition) is 1. The first kappa shape index (κ1) is 31.0. The van der Waals surface area contributed by atoms with E-state index in [0.717, 1.165) is 40.8 Å². The van der Waals surface area contributed by atoms with E-state index in [2.05, 4.69) is 5.32 Å². The number of anilines is 2. The summed E-state index contributed by atoms with van der Waals surface area (Å²) in [6.07, 6.45) is 1.29. The molecule has 3 aromatic carbocycles. The molecule has 0 aromatic heterocycles. The lowest BCUT2D eigenvalue weighted by Crippen LogP contribution is -2.52. The highest BCUT2D eigenvalue weighted by atomic mass is 19.1. The molecule has 1 atom stereocenters. The fourth-order valence-corrected chi connectivity index (χ4v) is 5.71. The first-order chi connectivity index (χ1) is 21.0. The van der Waals surface area contributed by atoms with Crippen LogP contribution in [0.15, 0.2) is 48.5 Å². The molecule has 0 spiro atoms. The van der Waals surface area contributed by atoms with Gasteiger partial charge in [0.2, 0.25) is 6.29 Å². The minimum Gasteiger partial charge on any atom is -0.496 e. The number of ether oxygens (including phenoxy) is 4. The molecule has 9 nitrogen and oxygen atoms in total. The smallest absolute Gasteiger partial charge is 0.412 e. The summed E-state index contributed by atoms with van der Waals surface area (Å²) in [6.45, 7) is 8.86. The van der Waals surface area contributed by atoms with Crippen molar-refractivity contribution in [2.24, 2.45) is 0 Å². The van der Waals surface area contributed by atoms with Gasteiger partial charge in [0, 0.05) is 49.8 Å². The Balaban J connectivity index is 1.50. The van der Waals surface area contributed by atoms with Gasteiger partial charge in [0.05, 0.1) is 18.5 Å². The lowest BCUT2D eigenvalue weighted by Gasteiger charge is -2.39. The first-order valence-corrected chi connectivity index (χ1v) is 14.9. The molecule has 5 rings (SSSR count). The molecule has 1 N–H and O–H groups in total. The van der Waals surface area contributed by atoms with Crippen LogP contribution in [0.5, 0.6) is 17.2 Å². The van der Waals surface area contributed by atoms with Crippen molar-refractivity contribution in [1.82, 2.24) is 4.90 Å². The molecule has 0 radical (unpaired) electrons. The van der Waals surface area contributed by atoms with Crippen molar-refractivity contribution in [1.29, 1.82) is 0 Å². The number of benzene rings is 3.